The Balaban J connectivity index is 1.27. The highest BCUT2D eigenvalue weighted by Gasteiger charge is 2.13. The second kappa shape index (κ2) is 13.3. The van der Waals surface area contributed by atoms with E-state index in [1.807, 2.05) is 31.2 Å². The van der Waals surface area contributed by atoms with Crippen LogP contribution in [-0.4, -0.2) is 19.9 Å². The molecule has 0 amide bonds. The molecule has 232 valence electrons. The third kappa shape index (κ3) is 6.53. The van der Waals surface area contributed by atoms with Gasteiger partial charge in [-0.05, 0) is 88.8 Å². The van der Waals surface area contributed by atoms with Gasteiger partial charge in [0.15, 0.2) is 5.82 Å². The predicted molar refractivity (Wildman–Crippen MR) is 200 cm³/mol. The molecule has 5 aromatic carbocycles. The van der Waals surface area contributed by atoms with Crippen molar-refractivity contribution in [2.24, 2.45) is 0 Å². The molecular formula is C45H32N4. The van der Waals surface area contributed by atoms with E-state index in [4.69, 9.17) is 9.97 Å². The first-order valence-electron chi connectivity index (χ1n) is 16.4. The van der Waals surface area contributed by atoms with E-state index in [2.05, 4.69) is 149 Å². The van der Waals surface area contributed by atoms with Gasteiger partial charge in [-0.25, -0.2) is 15.0 Å². The van der Waals surface area contributed by atoms with Gasteiger partial charge in [0.2, 0.25) is 0 Å². The summed E-state index contributed by atoms with van der Waals surface area (Å²) < 4.78 is 0. The van der Waals surface area contributed by atoms with Crippen molar-refractivity contribution in [1.29, 1.82) is 0 Å². The van der Waals surface area contributed by atoms with Crippen LogP contribution in [0.1, 0.15) is 5.69 Å². The Labute approximate surface area is 286 Å². The van der Waals surface area contributed by atoms with Gasteiger partial charge in [-0.15, -0.1) is 0 Å². The van der Waals surface area contributed by atoms with Crippen molar-refractivity contribution in [2.75, 3.05) is 0 Å². The van der Waals surface area contributed by atoms with E-state index in [-0.39, 0.29) is 0 Å². The summed E-state index contributed by atoms with van der Waals surface area (Å²) in [4.78, 5) is 18.7. The lowest BCUT2D eigenvalue weighted by molar-refractivity contribution is 1.18. The maximum absolute atomic E-state index is 5.13. The second-order valence-corrected chi connectivity index (χ2v) is 12.0. The van der Waals surface area contributed by atoms with Crippen molar-refractivity contribution in [3.05, 3.63) is 182 Å². The number of benzene rings is 5. The van der Waals surface area contributed by atoms with Gasteiger partial charge in [-0.3, -0.25) is 4.98 Å². The number of aryl methyl sites for hydroxylation is 1. The van der Waals surface area contributed by atoms with Crippen molar-refractivity contribution in [2.45, 2.75) is 6.92 Å². The van der Waals surface area contributed by atoms with Crippen LogP contribution in [0.4, 0.5) is 0 Å². The van der Waals surface area contributed by atoms with Gasteiger partial charge < -0.3 is 0 Å². The fourth-order valence-corrected chi connectivity index (χ4v) is 6.14. The summed E-state index contributed by atoms with van der Waals surface area (Å²) in [5.41, 5.74) is 14.8. The first-order valence-corrected chi connectivity index (χ1v) is 16.4. The average Bonchev–Trinajstić information content (AvgIpc) is 3.19. The minimum absolute atomic E-state index is 0.713. The molecule has 0 saturated heterocycles. The number of hydrogen-bond donors (Lipinski definition) is 0. The molecule has 4 nitrogen and oxygen atoms in total. The maximum Gasteiger partial charge on any atom is 0.159 e. The lowest BCUT2D eigenvalue weighted by Crippen LogP contribution is -1.92. The Hall–Kier alpha value is -6.52. The molecule has 0 radical (unpaired) electrons. The minimum atomic E-state index is 0.713. The number of hydrogen-bond acceptors (Lipinski definition) is 4. The van der Waals surface area contributed by atoms with Crippen LogP contribution in [0.25, 0.3) is 78.5 Å². The highest BCUT2D eigenvalue weighted by atomic mass is 14.8. The maximum atomic E-state index is 5.13. The SMILES string of the molecule is Cc1cccc(-c2ccc(-c3cc(-c4ccc(-c5ncccn5)cc4)cc(-c4cc(-c5ccccc5)nc(-c5ccccc5)c4)c3)cc2)n1. The van der Waals surface area contributed by atoms with E-state index in [1.54, 1.807) is 12.4 Å². The van der Waals surface area contributed by atoms with Crippen LogP contribution in [0.5, 0.6) is 0 Å². The molecule has 0 aliphatic carbocycles. The van der Waals surface area contributed by atoms with E-state index in [1.165, 1.54) is 0 Å². The number of nitrogens with zero attached hydrogens (tertiary/aromatic N) is 4. The van der Waals surface area contributed by atoms with E-state index in [0.29, 0.717) is 5.82 Å². The molecule has 0 aliphatic heterocycles. The van der Waals surface area contributed by atoms with Crippen LogP contribution in [-0.2, 0) is 0 Å². The zero-order valence-corrected chi connectivity index (χ0v) is 27.0. The normalized spacial score (nSPS) is 11.0. The molecule has 0 N–H and O–H groups in total. The molecule has 0 fully saturated rings. The average molecular weight is 629 g/mol. The van der Waals surface area contributed by atoms with Crippen LogP contribution in [0.15, 0.2) is 176 Å². The van der Waals surface area contributed by atoms with Crippen molar-refractivity contribution in [3.8, 4) is 78.5 Å². The largest absolute Gasteiger partial charge is 0.253 e. The van der Waals surface area contributed by atoms with E-state index >= 15 is 0 Å². The first kappa shape index (κ1) is 29.9. The summed E-state index contributed by atoms with van der Waals surface area (Å²) in [5.74, 6) is 0.713. The number of aromatic nitrogens is 4. The molecule has 0 bridgehead atoms. The monoisotopic (exact) mass is 628 g/mol. The Bertz CT molecular complexity index is 2290. The summed E-state index contributed by atoms with van der Waals surface area (Å²) in [6.45, 7) is 2.02. The standard InChI is InChI=1S/C45H32N4/c1-31-10-8-15-42(48-31)36-20-16-32(17-21-36)38-26-39(33-18-22-37(23-19-33)45-46-24-9-25-47-45)28-40(27-38)41-29-43(34-11-4-2-5-12-34)49-44(30-41)35-13-6-3-7-14-35/h2-30H,1H3. The van der Waals surface area contributed by atoms with Crippen molar-refractivity contribution in [1.82, 2.24) is 19.9 Å². The molecule has 4 heteroatoms. The Morgan fingerprint density at radius 3 is 1.29 bits per heavy atom. The molecule has 0 atom stereocenters. The number of rotatable bonds is 7. The van der Waals surface area contributed by atoms with Crippen LogP contribution < -0.4 is 0 Å². The molecule has 0 saturated carbocycles. The molecule has 0 spiro atoms. The minimum Gasteiger partial charge on any atom is -0.253 e. The molecular weight excluding hydrogens is 597 g/mol. The highest BCUT2D eigenvalue weighted by Crippen LogP contribution is 2.37. The van der Waals surface area contributed by atoms with Gasteiger partial charge in [0.25, 0.3) is 0 Å². The zero-order chi connectivity index (χ0) is 33.0. The molecule has 49 heavy (non-hydrogen) atoms. The molecule has 3 aromatic heterocycles. The summed E-state index contributed by atoms with van der Waals surface area (Å²) in [6, 6.07) is 57.2. The third-order valence-corrected chi connectivity index (χ3v) is 8.68. The molecule has 8 rings (SSSR count). The summed E-state index contributed by atoms with van der Waals surface area (Å²) in [5, 5.41) is 0. The van der Waals surface area contributed by atoms with Gasteiger partial charge in [0.05, 0.1) is 17.1 Å². The predicted octanol–water partition coefficient (Wildman–Crippen LogP) is 11.2. The molecule has 3 heterocycles. The van der Waals surface area contributed by atoms with Crippen molar-refractivity contribution >= 4 is 0 Å². The van der Waals surface area contributed by atoms with E-state index < -0.39 is 0 Å². The zero-order valence-electron chi connectivity index (χ0n) is 27.0. The fourth-order valence-electron chi connectivity index (χ4n) is 6.14. The van der Waals surface area contributed by atoms with Crippen molar-refractivity contribution in [3.63, 3.8) is 0 Å². The molecule has 0 aliphatic rings. The number of pyridine rings is 2. The van der Waals surface area contributed by atoms with E-state index in [0.717, 1.165) is 78.4 Å². The molecule has 0 unspecified atom stereocenters. The topological polar surface area (TPSA) is 51.6 Å². The fraction of sp³-hybridized carbons (Fsp3) is 0.0222. The Kier molecular flexibility index (Phi) is 8.11. The van der Waals surface area contributed by atoms with Gasteiger partial charge in [-0.1, -0.05) is 115 Å². The second-order valence-electron chi connectivity index (χ2n) is 12.0. The van der Waals surface area contributed by atoms with Crippen LogP contribution in [0.2, 0.25) is 0 Å². The summed E-state index contributed by atoms with van der Waals surface area (Å²) >= 11 is 0. The Morgan fingerprint density at radius 2 is 0.755 bits per heavy atom. The first-order chi connectivity index (χ1) is 24.2. The Morgan fingerprint density at radius 1 is 0.306 bits per heavy atom. The lowest BCUT2D eigenvalue weighted by atomic mass is 9.91. The van der Waals surface area contributed by atoms with Crippen LogP contribution >= 0.6 is 0 Å². The van der Waals surface area contributed by atoms with Gasteiger partial charge >= 0.3 is 0 Å². The summed E-state index contributed by atoms with van der Waals surface area (Å²) in [7, 11) is 0. The quantitative estimate of drug-likeness (QED) is 0.176. The van der Waals surface area contributed by atoms with Gasteiger partial charge in [0.1, 0.15) is 0 Å². The van der Waals surface area contributed by atoms with E-state index in [9.17, 15) is 0 Å². The highest BCUT2D eigenvalue weighted by molar-refractivity contribution is 5.85. The third-order valence-electron chi connectivity index (χ3n) is 8.68. The smallest absolute Gasteiger partial charge is 0.159 e. The van der Waals surface area contributed by atoms with Crippen LogP contribution in [0, 0.1) is 6.92 Å². The van der Waals surface area contributed by atoms with Gasteiger partial charge in [-0.2, -0.15) is 0 Å². The van der Waals surface area contributed by atoms with Crippen LogP contribution in [0.3, 0.4) is 0 Å². The molecule has 8 aromatic rings. The lowest BCUT2D eigenvalue weighted by Gasteiger charge is -2.14. The van der Waals surface area contributed by atoms with Gasteiger partial charge in [0, 0.05) is 40.3 Å². The summed E-state index contributed by atoms with van der Waals surface area (Å²) in [6.07, 6.45) is 3.54. The van der Waals surface area contributed by atoms with Crippen molar-refractivity contribution < 1.29 is 0 Å².